The van der Waals surface area contributed by atoms with E-state index in [2.05, 4.69) is 0 Å². The fraction of sp³-hybridized carbons (Fsp3) is 0.667. The molecule has 1 rings (SSSR count). The molecule has 0 N–H and O–H groups in total. The van der Waals surface area contributed by atoms with Crippen LogP contribution in [-0.4, -0.2) is 30.9 Å². The summed E-state index contributed by atoms with van der Waals surface area (Å²) in [5.74, 6) is -28.4. The van der Waals surface area contributed by atoms with Crippen LogP contribution in [0.1, 0.15) is 44.6 Å². The molecule has 0 aromatic heterocycles. The van der Waals surface area contributed by atoms with Gasteiger partial charge in [-0.1, -0.05) is 26.2 Å². The van der Waals surface area contributed by atoms with Crippen LogP contribution in [0.25, 0.3) is 0 Å². The van der Waals surface area contributed by atoms with Gasteiger partial charge in [0.05, 0.1) is 5.69 Å². The maximum atomic E-state index is 14.4. The Labute approximate surface area is 182 Å². The molecule has 0 amide bonds. The Kier molecular flexibility index (Phi) is 8.75. The second-order valence-corrected chi connectivity index (χ2v) is 7.13. The van der Waals surface area contributed by atoms with Crippen LogP contribution in [-0.2, 0) is 5.92 Å². The Morgan fingerprint density at radius 2 is 1.29 bits per heavy atom. The van der Waals surface area contributed by atoms with Gasteiger partial charge in [-0.05, 0) is 6.42 Å². The van der Waals surface area contributed by atoms with Crippen molar-refractivity contribution in [3.8, 4) is 0 Å². The van der Waals surface area contributed by atoms with Gasteiger partial charge in [-0.15, -0.1) is 0 Å². The van der Waals surface area contributed by atoms with Gasteiger partial charge >= 0.3 is 30.0 Å². The fourth-order valence-electron chi connectivity index (χ4n) is 2.82. The zero-order valence-corrected chi connectivity index (χ0v) is 16.9. The third kappa shape index (κ3) is 5.14. The minimum absolute atomic E-state index is 0.117. The van der Waals surface area contributed by atoms with E-state index in [9.17, 15) is 65.9 Å². The van der Waals surface area contributed by atoms with E-state index >= 15 is 0 Å². The van der Waals surface area contributed by atoms with Crippen LogP contribution in [0.5, 0.6) is 0 Å². The van der Waals surface area contributed by atoms with Crippen LogP contribution in [0, 0.1) is 17.5 Å². The topological polar surface area (TPSA) is 3.24 Å². The first kappa shape index (κ1) is 30.0. The maximum absolute atomic E-state index is 14.4. The molecule has 0 aliphatic heterocycles. The summed E-state index contributed by atoms with van der Waals surface area (Å²) >= 11 is 0. The van der Waals surface area contributed by atoms with Gasteiger partial charge in [0, 0.05) is 12.5 Å². The zero-order chi connectivity index (χ0) is 26.9. The van der Waals surface area contributed by atoms with E-state index in [0.29, 0.717) is 6.42 Å². The van der Waals surface area contributed by atoms with Crippen molar-refractivity contribution >= 4 is 5.69 Å². The van der Waals surface area contributed by atoms with Gasteiger partial charge in [0.2, 0.25) is 0 Å². The van der Waals surface area contributed by atoms with Gasteiger partial charge in [-0.25, -0.2) is 17.6 Å². The molecular weight excluding hydrogens is 515 g/mol. The summed E-state index contributed by atoms with van der Waals surface area (Å²) in [6.07, 6.45) is -8.93. The van der Waals surface area contributed by atoms with E-state index in [1.807, 2.05) is 0 Å². The number of halogens is 15. The monoisotopic (exact) mass is 531 g/mol. The van der Waals surface area contributed by atoms with Crippen LogP contribution < -0.4 is 4.90 Å². The predicted molar refractivity (Wildman–Crippen MR) is 88.3 cm³/mol. The van der Waals surface area contributed by atoms with Crippen molar-refractivity contribution in [2.45, 2.75) is 69.0 Å². The first-order chi connectivity index (χ1) is 15.2. The number of nitrogens with zero attached hydrogens (tertiary/aromatic N) is 1. The molecule has 198 valence electrons. The van der Waals surface area contributed by atoms with Crippen molar-refractivity contribution in [2.24, 2.45) is 0 Å². The molecule has 16 heteroatoms. The Bertz CT molecular complexity index is 847. The SMILES string of the molecule is CCCCCCC(F)(F)C(F)(F)C(F)(F)N(CF)c1cc(F)c(F)c(C(F)(F)C(F)(F)F)c1F. The van der Waals surface area contributed by atoms with Gasteiger partial charge in [-0.3, -0.25) is 4.90 Å². The number of hydrogen-bond donors (Lipinski definition) is 0. The molecule has 0 heterocycles. The Morgan fingerprint density at radius 3 is 1.74 bits per heavy atom. The molecule has 0 unspecified atom stereocenters. The summed E-state index contributed by atoms with van der Waals surface area (Å²) in [6, 6.07) is -7.45. The quantitative estimate of drug-likeness (QED) is 0.120. The van der Waals surface area contributed by atoms with Crippen LogP contribution >= 0.6 is 0 Å². The number of alkyl halides is 12. The fourth-order valence-corrected chi connectivity index (χ4v) is 2.82. The van der Waals surface area contributed by atoms with Crippen LogP contribution in [0.3, 0.4) is 0 Å². The highest BCUT2D eigenvalue weighted by Crippen LogP contribution is 2.53. The molecule has 0 saturated heterocycles. The lowest BCUT2D eigenvalue weighted by Gasteiger charge is -2.39. The number of hydrogen-bond acceptors (Lipinski definition) is 1. The average molecular weight is 531 g/mol. The minimum Gasteiger partial charge on any atom is -0.277 e. The van der Waals surface area contributed by atoms with E-state index in [1.165, 1.54) is 0 Å². The highest BCUT2D eigenvalue weighted by Gasteiger charge is 2.74. The second-order valence-electron chi connectivity index (χ2n) is 7.13. The van der Waals surface area contributed by atoms with E-state index in [4.69, 9.17) is 0 Å². The lowest BCUT2D eigenvalue weighted by atomic mass is 10.00. The largest absolute Gasteiger partial charge is 0.458 e. The number of unbranched alkanes of at least 4 members (excludes halogenated alkanes) is 3. The van der Waals surface area contributed by atoms with Gasteiger partial charge in [0.25, 0.3) is 0 Å². The molecule has 0 bridgehead atoms. The van der Waals surface area contributed by atoms with Gasteiger partial charge in [-0.2, -0.15) is 48.3 Å². The smallest absolute Gasteiger partial charge is 0.277 e. The average Bonchev–Trinajstić information content (AvgIpc) is 2.68. The molecule has 0 saturated carbocycles. The Hall–Kier alpha value is -2.03. The van der Waals surface area contributed by atoms with E-state index in [1.54, 1.807) is 6.92 Å². The summed E-state index contributed by atoms with van der Waals surface area (Å²) in [7, 11) is 0. The molecule has 0 spiro atoms. The van der Waals surface area contributed by atoms with Crippen molar-refractivity contribution in [1.29, 1.82) is 0 Å². The lowest BCUT2D eigenvalue weighted by molar-refractivity contribution is -0.311. The normalized spacial score (nSPS) is 14.0. The van der Waals surface area contributed by atoms with E-state index in [0.717, 1.165) is 0 Å². The highest BCUT2D eigenvalue weighted by atomic mass is 19.4. The number of benzene rings is 1. The number of rotatable bonds is 11. The molecule has 1 aromatic rings. The van der Waals surface area contributed by atoms with Crippen molar-refractivity contribution in [3.63, 3.8) is 0 Å². The Morgan fingerprint density at radius 1 is 0.765 bits per heavy atom. The first-order valence-electron chi connectivity index (χ1n) is 9.31. The molecule has 0 aliphatic rings. The molecule has 1 aromatic carbocycles. The van der Waals surface area contributed by atoms with Crippen molar-refractivity contribution in [2.75, 3.05) is 11.7 Å². The third-order valence-electron chi connectivity index (χ3n) is 4.74. The Balaban J connectivity index is 3.66. The second kappa shape index (κ2) is 9.91. The molecule has 34 heavy (non-hydrogen) atoms. The summed E-state index contributed by atoms with van der Waals surface area (Å²) in [6.45, 7) is -1.51. The predicted octanol–water partition coefficient (Wildman–Crippen LogP) is 8.33. The highest BCUT2D eigenvalue weighted by molar-refractivity contribution is 5.54. The third-order valence-corrected chi connectivity index (χ3v) is 4.74. The van der Waals surface area contributed by atoms with Gasteiger partial charge in [0.1, 0.15) is 5.56 Å². The summed E-state index contributed by atoms with van der Waals surface area (Å²) in [5.41, 5.74) is -6.33. The molecular formula is C18H16F15N. The van der Waals surface area contributed by atoms with Gasteiger partial charge < -0.3 is 0 Å². The van der Waals surface area contributed by atoms with Crippen LogP contribution in [0.2, 0.25) is 0 Å². The minimum atomic E-state index is -6.85. The van der Waals surface area contributed by atoms with Gasteiger partial charge in [0.15, 0.2) is 24.3 Å². The lowest BCUT2D eigenvalue weighted by Crippen LogP contribution is -2.62. The van der Waals surface area contributed by atoms with Crippen molar-refractivity contribution in [3.05, 3.63) is 29.1 Å². The number of anilines is 1. The standard InChI is InChI=1S/C18H16F15N/c1-2-3-4-5-6-14(23,24)16(27,28)18(32,33)34(8-19)10-7-9(20)12(21)11(13(10)22)15(25,26)17(29,30)31/h7H,2-6,8H2,1H3. The molecule has 0 aliphatic carbocycles. The summed E-state index contributed by atoms with van der Waals surface area (Å²) in [5, 5.41) is 0. The first-order valence-corrected chi connectivity index (χ1v) is 9.31. The van der Waals surface area contributed by atoms with Crippen LogP contribution in [0.4, 0.5) is 71.5 Å². The molecule has 0 atom stereocenters. The maximum Gasteiger partial charge on any atom is 0.458 e. The van der Waals surface area contributed by atoms with Crippen LogP contribution in [0.15, 0.2) is 6.07 Å². The van der Waals surface area contributed by atoms with E-state index in [-0.39, 0.29) is 12.8 Å². The summed E-state index contributed by atoms with van der Waals surface area (Å²) < 4.78 is 204. The molecule has 0 fully saturated rings. The summed E-state index contributed by atoms with van der Waals surface area (Å²) in [4.78, 5) is -1.99. The zero-order valence-electron chi connectivity index (χ0n) is 16.9. The molecule has 0 radical (unpaired) electrons. The van der Waals surface area contributed by atoms with Crippen molar-refractivity contribution < 1.29 is 65.9 Å². The van der Waals surface area contributed by atoms with Crippen molar-refractivity contribution in [1.82, 2.24) is 0 Å². The molecule has 1 nitrogen and oxygen atoms in total. The van der Waals surface area contributed by atoms with E-state index < -0.39 is 89.3 Å².